The molecule has 1 amide bonds. The van der Waals surface area contributed by atoms with Gasteiger partial charge in [0, 0.05) is 13.7 Å². The van der Waals surface area contributed by atoms with Crippen LogP contribution in [0.1, 0.15) is 13.3 Å². The molecule has 0 aliphatic rings. The van der Waals surface area contributed by atoms with E-state index >= 15 is 0 Å². The highest BCUT2D eigenvalue weighted by molar-refractivity contribution is 5.93. The van der Waals surface area contributed by atoms with Crippen LogP contribution < -0.4 is 15.8 Å². The van der Waals surface area contributed by atoms with Crippen LogP contribution in [0.3, 0.4) is 0 Å². The molecule has 8 nitrogen and oxygen atoms in total. The summed E-state index contributed by atoms with van der Waals surface area (Å²) in [5.74, 6) is -0.0292. The summed E-state index contributed by atoms with van der Waals surface area (Å²) in [4.78, 5) is 22.3. The van der Waals surface area contributed by atoms with Crippen molar-refractivity contribution < 1.29 is 19.2 Å². The summed E-state index contributed by atoms with van der Waals surface area (Å²) >= 11 is 0. The number of hydrogen-bond donors (Lipinski definition) is 2. The van der Waals surface area contributed by atoms with E-state index in [0.717, 1.165) is 0 Å². The zero-order valence-electron chi connectivity index (χ0n) is 12.0. The number of nitrogens with zero attached hydrogens (tertiary/aromatic N) is 1. The molecule has 0 heterocycles. The van der Waals surface area contributed by atoms with Gasteiger partial charge in [0.15, 0.2) is 0 Å². The molecule has 0 saturated heterocycles. The zero-order chi connectivity index (χ0) is 15.8. The molecule has 1 unspecified atom stereocenters. The molecule has 0 radical (unpaired) electrons. The number of carbonyl (C=O) groups is 1. The second kappa shape index (κ2) is 8.18. The number of amides is 1. The fourth-order valence-electron chi connectivity index (χ4n) is 1.70. The van der Waals surface area contributed by atoms with Crippen molar-refractivity contribution >= 4 is 17.3 Å². The summed E-state index contributed by atoms with van der Waals surface area (Å²) in [7, 11) is 1.45. The first-order chi connectivity index (χ1) is 10.0. The number of nitro groups is 1. The fraction of sp³-hybridized carbons (Fsp3) is 0.462. The SMILES string of the molecule is CCOc1ccc(NC(=O)CC(CN)OC)c([N+](=O)[O-])c1. The van der Waals surface area contributed by atoms with E-state index in [4.69, 9.17) is 15.2 Å². The van der Waals surface area contributed by atoms with Crippen molar-refractivity contribution in [3.8, 4) is 5.75 Å². The molecule has 1 atom stereocenters. The lowest BCUT2D eigenvalue weighted by Gasteiger charge is -2.13. The number of nitrogens with two attached hydrogens (primary N) is 1. The van der Waals surface area contributed by atoms with Crippen molar-refractivity contribution in [3.05, 3.63) is 28.3 Å². The van der Waals surface area contributed by atoms with Crippen LogP contribution in [0, 0.1) is 10.1 Å². The molecular weight excluding hydrogens is 278 g/mol. The Morgan fingerprint density at radius 1 is 1.52 bits per heavy atom. The minimum Gasteiger partial charge on any atom is -0.494 e. The molecule has 3 N–H and O–H groups in total. The Kier molecular flexibility index (Phi) is 6.57. The van der Waals surface area contributed by atoms with Crippen LogP contribution >= 0.6 is 0 Å². The predicted octanol–water partition coefficient (Wildman–Crippen LogP) is 1.30. The summed E-state index contributed by atoms with van der Waals surface area (Å²) < 4.78 is 10.2. The van der Waals surface area contributed by atoms with Crippen molar-refractivity contribution in [2.24, 2.45) is 5.73 Å². The first-order valence-electron chi connectivity index (χ1n) is 6.45. The van der Waals surface area contributed by atoms with Crippen LogP contribution in [-0.2, 0) is 9.53 Å². The molecule has 1 aromatic carbocycles. The molecular formula is C13H19N3O5. The van der Waals surface area contributed by atoms with E-state index in [1.807, 2.05) is 0 Å². The Bertz CT molecular complexity index is 503. The quantitative estimate of drug-likeness (QED) is 0.551. The van der Waals surface area contributed by atoms with Crippen molar-refractivity contribution in [3.63, 3.8) is 0 Å². The number of rotatable bonds is 8. The maximum absolute atomic E-state index is 11.8. The molecule has 0 aromatic heterocycles. The van der Waals surface area contributed by atoms with E-state index in [1.165, 1.54) is 19.2 Å². The van der Waals surface area contributed by atoms with Crippen LogP contribution in [-0.4, -0.2) is 37.2 Å². The van der Waals surface area contributed by atoms with Gasteiger partial charge in [0.05, 0.1) is 30.1 Å². The van der Waals surface area contributed by atoms with Gasteiger partial charge in [-0.1, -0.05) is 0 Å². The van der Waals surface area contributed by atoms with E-state index in [-0.39, 0.29) is 24.3 Å². The molecule has 0 saturated carbocycles. The van der Waals surface area contributed by atoms with Crippen LogP contribution in [0.4, 0.5) is 11.4 Å². The third-order valence-electron chi connectivity index (χ3n) is 2.76. The summed E-state index contributed by atoms with van der Waals surface area (Å²) in [6.45, 7) is 2.36. The molecule has 116 valence electrons. The minimum absolute atomic E-state index is 0.0252. The lowest BCUT2D eigenvalue weighted by atomic mass is 10.2. The number of hydrogen-bond acceptors (Lipinski definition) is 6. The van der Waals surface area contributed by atoms with E-state index in [1.54, 1.807) is 13.0 Å². The summed E-state index contributed by atoms with van der Waals surface area (Å²) in [6.07, 6.45) is -0.399. The average molecular weight is 297 g/mol. The number of methoxy groups -OCH3 is 1. The molecule has 0 aliphatic heterocycles. The second-order valence-electron chi connectivity index (χ2n) is 4.21. The molecule has 21 heavy (non-hydrogen) atoms. The molecule has 8 heteroatoms. The van der Waals surface area contributed by atoms with Crippen molar-refractivity contribution in [2.45, 2.75) is 19.4 Å². The normalized spacial score (nSPS) is 11.8. The highest BCUT2D eigenvalue weighted by Crippen LogP contribution is 2.29. The third kappa shape index (κ3) is 5.01. The summed E-state index contributed by atoms with van der Waals surface area (Å²) in [5, 5.41) is 13.5. The van der Waals surface area contributed by atoms with Gasteiger partial charge in [0.2, 0.25) is 5.91 Å². The van der Waals surface area contributed by atoms with E-state index in [2.05, 4.69) is 5.32 Å². The fourth-order valence-corrected chi connectivity index (χ4v) is 1.70. The van der Waals surface area contributed by atoms with Gasteiger partial charge in [-0.15, -0.1) is 0 Å². The molecule has 0 spiro atoms. The Labute approximate surface area is 122 Å². The van der Waals surface area contributed by atoms with Gasteiger partial charge in [-0.05, 0) is 19.1 Å². The van der Waals surface area contributed by atoms with Crippen LogP contribution in [0.5, 0.6) is 5.75 Å². The van der Waals surface area contributed by atoms with E-state index in [0.29, 0.717) is 12.4 Å². The van der Waals surface area contributed by atoms with Crippen molar-refractivity contribution in [2.75, 3.05) is 25.6 Å². The maximum atomic E-state index is 11.8. The monoisotopic (exact) mass is 297 g/mol. The second-order valence-corrected chi connectivity index (χ2v) is 4.21. The van der Waals surface area contributed by atoms with Gasteiger partial charge in [0.1, 0.15) is 11.4 Å². The highest BCUT2D eigenvalue weighted by Gasteiger charge is 2.19. The highest BCUT2D eigenvalue weighted by atomic mass is 16.6. The largest absolute Gasteiger partial charge is 0.494 e. The third-order valence-corrected chi connectivity index (χ3v) is 2.76. The Balaban J connectivity index is 2.87. The molecule has 0 aliphatic carbocycles. The van der Waals surface area contributed by atoms with Gasteiger partial charge < -0.3 is 20.5 Å². The van der Waals surface area contributed by atoms with Crippen LogP contribution in [0.25, 0.3) is 0 Å². The average Bonchev–Trinajstić information content (AvgIpc) is 2.46. The molecule has 0 bridgehead atoms. The lowest BCUT2D eigenvalue weighted by Crippen LogP contribution is -2.28. The predicted molar refractivity (Wildman–Crippen MR) is 77.4 cm³/mol. The smallest absolute Gasteiger partial charge is 0.296 e. The Hall–Kier alpha value is -2.19. The van der Waals surface area contributed by atoms with E-state index in [9.17, 15) is 14.9 Å². The minimum atomic E-state index is -0.575. The van der Waals surface area contributed by atoms with Gasteiger partial charge in [-0.25, -0.2) is 0 Å². The number of benzene rings is 1. The lowest BCUT2D eigenvalue weighted by molar-refractivity contribution is -0.384. The number of anilines is 1. The van der Waals surface area contributed by atoms with Crippen LogP contribution in [0.2, 0.25) is 0 Å². The van der Waals surface area contributed by atoms with Gasteiger partial charge in [-0.3, -0.25) is 14.9 Å². The topological polar surface area (TPSA) is 117 Å². The standard InChI is InChI=1S/C13H19N3O5/c1-3-21-9-4-5-11(12(6-9)16(18)19)15-13(17)7-10(8-14)20-2/h4-6,10H,3,7-8,14H2,1-2H3,(H,15,17). The van der Waals surface area contributed by atoms with Crippen molar-refractivity contribution in [1.82, 2.24) is 0 Å². The number of nitro benzene ring substituents is 1. The maximum Gasteiger partial charge on any atom is 0.296 e. The zero-order valence-corrected chi connectivity index (χ0v) is 12.0. The van der Waals surface area contributed by atoms with Gasteiger partial charge >= 0.3 is 0 Å². The summed E-state index contributed by atoms with van der Waals surface area (Å²) in [6, 6.07) is 4.27. The number of ether oxygens (including phenoxy) is 2. The Morgan fingerprint density at radius 3 is 2.76 bits per heavy atom. The van der Waals surface area contributed by atoms with Crippen LogP contribution in [0.15, 0.2) is 18.2 Å². The van der Waals surface area contributed by atoms with Gasteiger partial charge in [-0.2, -0.15) is 0 Å². The molecule has 1 aromatic rings. The first kappa shape index (κ1) is 16.9. The van der Waals surface area contributed by atoms with Gasteiger partial charge in [0.25, 0.3) is 5.69 Å². The first-order valence-corrected chi connectivity index (χ1v) is 6.45. The summed E-state index contributed by atoms with van der Waals surface area (Å²) in [5.41, 5.74) is 5.31. The molecule has 0 fully saturated rings. The Morgan fingerprint density at radius 2 is 2.24 bits per heavy atom. The number of nitrogens with one attached hydrogen (secondary N) is 1. The van der Waals surface area contributed by atoms with E-state index < -0.39 is 16.9 Å². The van der Waals surface area contributed by atoms with Crippen molar-refractivity contribution in [1.29, 1.82) is 0 Å². The number of carbonyl (C=O) groups excluding carboxylic acids is 1. The molecule has 1 rings (SSSR count).